The van der Waals surface area contributed by atoms with Crippen LogP contribution < -0.4 is 5.32 Å². The lowest BCUT2D eigenvalue weighted by molar-refractivity contribution is -0.126. The molecular weight excluding hydrogens is 323 g/mol. The second kappa shape index (κ2) is 8.20. The largest absolute Gasteiger partial charge is 0.356 e. The number of aromatic nitrogens is 2. The standard InChI is InChI=1S/C18H23FN4O2/c1-2-9-20-18(24)14-7-10-23(11-8-14)12-16-21-17(22-25-16)13-3-5-15(19)6-4-13/h3-6,14H,2,7-12H2,1H3,(H,20,24). The summed E-state index contributed by atoms with van der Waals surface area (Å²) in [6, 6.07) is 6.01. The first kappa shape index (κ1) is 17.5. The van der Waals surface area contributed by atoms with E-state index in [9.17, 15) is 9.18 Å². The van der Waals surface area contributed by atoms with Gasteiger partial charge in [-0.3, -0.25) is 9.69 Å². The summed E-state index contributed by atoms with van der Waals surface area (Å²) >= 11 is 0. The maximum atomic E-state index is 13.0. The maximum Gasteiger partial charge on any atom is 0.241 e. The molecule has 0 saturated carbocycles. The number of hydrogen-bond donors (Lipinski definition) is 1. The highest BCUT2D eigenvalue weighted by Crippen LogP contribution is 2.20. The summed E-state index contributed by atoms with van der Waals surface area (Å²) in [7, 11) is 0. The first-order chi connectivity index (χ1) is 12.2. The number of piperidine rings is 1. The number of amides is 1. The molecule has 0 bridgehead atoms. The molecule has 0 atom stereocenters. The predicted octanol–water partition coefficient (Wildman–Crippen LogP) is 2.61. The number of carbonyl (C=O) groups is 1. The van der Waals surface area contributed by atoms with E-state index in [0.717, 1.165) is 44.5 Å². The van der Waals surface area contributed by atoms with Crippen molar-refractivity contribution in [2.45, 2.75) is 32.7 Å². The normalized spacial score (nSPS) is 16.1. The van der Waals surface area contributed by atoms with Crippen LogP contribution in [0.2, 0.25) is 0 Å². The van der Waals surface area contributed by atoms with Crippen LogP contribution in [-0.4, -0.2) is 40.6 Å². The van der Waals surface area contributed by atoms with Crippen LogP contribution in [0, 0.1) is 11.7 Å². The van der Waals surface area contributed by atoms with Gasteiger partial charge in [0, 0.05) is 18.0 Å². The third kappa shape index (κ3) is 4.63. The van der Waals surface area contributed by atoms with Crippen molar-refractivity contribution < 1.29 is 13.7 Å². The highest BCUT2D eigenvalue weighted by molar-refractivity contribution is 5.78. The molecule has 1 amide bonds. The van der Waals surface area contributed by atoms with E-state index in [1.165, 1.54) is 12.1 Å². The molecule has 1 N–H and O–H groups in total. The van der Waals surface area contributed by atoms with Crippen LogP contribution in [0.15, 0.2) is 28.8 Å². The molecule has 1 fully saturated rings. The predicted molar refractivity (Wildman–Crippen MR) is 91.0 cm³/mol. The Labute approximate surface area is 146 Å². The molecule has 134 valence electrons. The molecule has 7 heteroatoms. The lowest BCUT2D eigenvalue weighted by atomic mass is 9.96. The molecule has 0 unspecified atom stereocenters. The van der Waals surface area contributed by atoms with Gasteiger partial charge in [-0.1, -0.05) is 12.1 Å². The van der Waals surface area contributed by atoms with Crippen molar-refractivity contribution in [3.8, 4) is 11.4 Å². The van der Waals surface area contributed by atoms with Crippen molar-refractivity contribution >= 4 is 5.91 Å². The highest BCUT2D eigenvalue weighted by Gasteiger charge is 2.25. The van der Waals surface area contributed by atoms with Crippen molar-refractivity contribution in [3.63, 3.8) is 0 Å². The zero-order valence-corrected chi connectivity index (χ0v) is 14.4. The van der Waals surface area contributed by atoms with Crippen LogP contribution in [0.4, 0.5) is 4.39 Å². The molecule has 1 aliphatic heterocycles. The van der Waals surface area contributed by atoms with Crippen molar-refractivity contribution in [1.29, 1.82) is 0 Å². The minimum absolute atomic E-state index is 0.0975. The van der Waals surface area contributed by atoms with Crippen molar-refractivity contribution in [2.75, 3.05) is 19.6 Å². The van der Waals surface area contributed by atoms with Gasteiger partial charge in [0.15, 0.2) is 0 Å². The molecule has 1 aromatic heterocycles. The summed E-state index contributed by atoms with van der Waals surface area (Å²) < 4.78 is 18.3. The van der Waals surface area contributed by atoms with Gasteiger partial charge in [-0.25, -0.2) is 4.39 Å². The number of likely N-dealkylation sites (tertiary alicyclic amines) is 1. The summed E-state index contributed by atoms with van der Waals surface area (Å²) in [5.41, 5.74) is 0.725. The minimum Gasteiger partial charge on any atom is -0.356 e. The topological polar surface area (TPSA) is 71.3 Å². The first-order valence-corrected chi connectivity index (χ1v) is 8.74. The molecule has 3 rings (SSSR count). The van der Waals surface area contributed by atoms with Crippen molar-refractivity contribution in [2.24, 2.45) is 5.92 Å². The van der Waals surface area contributed by atoms with Crippen LogP contribution in [0.1, 0.15) is 32.1 Å². The molecule has 2 heterocycles. The Morgan fingerprint density at radius 3 is 2.72 bits per heavy atom. The van der Waals surface area contributed by atoms with E-state index < -0.39 is 0 Å². The Balaban J connectivity index is 1.51. The van der Waals surface area contributed by atoms with Crippen molar-refractivity contribution in [1.82, 2.24) is 20.4 Å². The Bertz CT molecular complexity index is 693. The van der Waals surface area contributed by atoms with Crippen LogP contribution in [0.5, 0.6) is 0 Å². The SMILES string of the molecule is CCCNC(=O)C1CCN(Cc2nc(-c3ccc(F)cc3)no2)CC1. The quantitative estimate of drug-likeness (QED) is 0.870. The van der Waals surface area contributed by atoms with E-state index in [4.69, 9.17) is 4.52 Å². The molecule has 0 radical (unpaired) electrons. The summed E-state index contributed by atoms with van der Waals surface area (Å²) in [5.74, 6) is 0.966. The van der Waals surface area contributed by atoms with Gasteiger partial charge >= 0.3 is 0 Å². The van der Waals surface area contributed by atoms with Gasteiger partial charge in [-0.05, 0) is 56.6 Å². The van der Waals surface area contributed by atoms with E-state index in [1.54, 1.807) is 12.1 Å². The van der Waals surface area contributed by atoms with E-state index >= 15 is 0 Å². The van der Waals surface area contributed by atoms with Gasteiger partial charge in [0.05, 0.1) is 6.54 Å². The fraction of sp³-hybridized carbons (Fsp3) is 0.500. The molecule has 0 aliphatic carbocycles. The van der Waals surface area contributed by atoms with E-state index in [-0.39, 0.29) is 17.6 Å². The lowest BCUT2D eigenvalue weighted by Crippen LogP contribution is -2.40. The molecule has 6 nitrogen and oxygen atoms in total. The number of hydrogen-bond acceptors (Lipinski definition) is 5. The van der Waals surface area contributed by atoms with Crippen LogP contribution in [0.25, 0.3) is 11.4 Å². The molecule has 2 aromatic rings. The van der Waals surface area contributed by atoms with E-state index in [0.29, 0.717) is 18.3 Å². The number of nitrogens with one attached hydrogen (secondary N) is 1. The summed E-state index contributed by atoms with van der Waals surface area (Å²) in [6.07, 6.45) is 2.64. The molecule has 1 aromatic carbocycles. The molecule has 25 heavy (non-hydrogen) atoms. The first-order valence-electron chi connectivity index (χ1n) is 8.74. The number of nitrogens with zero attached hydrogens (tertiary/aromatic N) is 3. The third-order valence-electron chi connectivity index (χ3n) is 4.44. The number of benzene rings is 1. The van der Waals surface area contributed by atoms with Gasteiger partial charge in [-0.15, -0.1) is 0 Å². The summed E-state index contributed by atoms with van der Waals surface area (Å²) in [6.45, 7) is 5.02. The van der Waals surface area contributed by atoms with Crippen LogP contribution in [-0.2, 0) is 11.3 Å². The number of rotatable bonds is 6. The second-order valence-electron chi connectivity index (χ2n) is 6.36. The monoisotopic (exact) mass is 346 g/mol. The molecule has 0 spiro atoms. The molecule has 1 aliphatic rings. The zero-order valence-electron chi connectivity index (χ0n) is 14.4. The number of halogens is 1. The average molecular weight is 346 g/mol. The van der Waals surface area contributed by atoms with Crippen LogP contribution >= 0.6 is 0 Å². The summed E-state index contributed by atoms with van der Waals surface area (Å²) in [5, 5.41) is 6.93. The van der Waals surface area contributed by atoms with Crippen molar-refractivity contribution in [3.05, 3.63) is 36.0 Å². The van der Waals surface area contributed by atoms with Gasteiger partial charge in [0.2, 0.25) is 17.6 Å². The van der Waals surface area contributed by atoms with Gasteiger partial charge in [0.1, 0.15) is 5.82 Å². The lowest BCUT2D eigenvalue weighted by Gasteiger charge is -2.30. The maximum absolute atomic E-state index is 13.0. The van der Waals surface area contributed by atoms with Gasteiger partial charge in [-0.2, -0.15) is 4.98 Å². The smallest absolute Gasteiger partial charge is 0.241 e. The third-order valence-corrected chi connectivity index (χ3v) is 4.44. The average Bonchev–Trinajstić information content (AvgIpc) is 3.09. The Kier molecular flexibility index (Phi) is 5.75. The Hall–Kier alpha value is -2.28. The Morgan fingerprint density at radius 1 is 1.32 bits per heavy atom. The minimum atomic E-state index is -0.293. The molecule has 1 saturated heterocycles. The van der Waals surface area contributed by atoms with Crippen LogP contribution in [0.3, 0.4) is 0 Å². The molecular formula is C18H23FN4O2. The number of carbonyl (C=O) groups excluding carboxylic acids is 1. The van der Waals surface area contributed by atoms with E-state index in [1.807, 2.05) is 6.92 Å². The van der Waals surface area contributed by atoms with Gasteiger partial charge in [0.25, 0.3) is 0 Å². The fourth-order valence-electron chi connectivity index (χ4n) is 2.97. The Morgan fingerprint density at radius 2 is 2.04 bits per heavy atom. The fourth-order valence-corrected chi connectivity index (χ4v) is 2.97. The summed E-state index contributed by atoms with van der Waals surface area (Å²) in [4.78, 5) is 18.6. The van der Waals surface area contributed by atoms with Gasteiger partial charge < -0.3 is 9.84 Å². The van der Waals surface area contributed by atoms with E-state index in [2.05, 4.69) is 20.4 Å². The zero-order chi connectivity index (χ0) is 17.6. The highest BCUT2D eigenvalue weighted by atomic mass is 19.1. The second-order valence-corrected chi connectivity index (χ2v) is 6.36.